The third-order valence-electron chi connectivity index (χ3n) is 3.76. The summed E-state index contributed by atoms with van der Waals surface area (Å²) < 4.78 is 0. The van der Waals surface area contributed by atoms with Crippen LogP contribution >= 0.6 is 0 Å². The highest BCUT2D eigenvalue weighted by Crippen LogP contribution is 2.16. The quantitative estimate of drug-likeness (QED) is 0.855. The Bertz CT molecular complexity index is 409. The number of aryl methyl sites for hydroxylation is 1. The molecule has 1 heterocycles. The number of rotatable bonds is 2. The standard InChI is InChI=1S/C15H22N2O/c1-12-7-9-17(10-8-12)15(18)16-11-14-6-4-3-5-13(14)2/h3-6,12H,7-11H2,1-2H3,(H,16,18). The minimum atomic E-state index is 0.0742. The second-order valence-corrected chi connectivity index (χ2v) is 5.25. The zero-order chi connectivity index (χ0) is 13.0. The molecule has 0 aromatic heterocycles. The van der Waals surface area contributed by atoms with Crippen molar-refractivity contribution in [3.8, 4) is 0 Å². The minimum absolute atomic E-state index is 0.0742. The number of hydrogen-bond acceptors (Lipinski definition) is 1. The fourth-order valence-electron chi connectivity index (χ4n) is 2.30. The van der Waals surface area contributed by atoms with Crippen molar-refractivity contribution >= 4 is 6.03 Å². The van der Waals surface area contributed by atoms with Crippen LogP contribution in [0.25, 0.3) is 0 Å². The van der Waals surface area contributed by atoms with Crippen molar-refractivity contribution in [3.63, 3.8) is 0 Å². The number of nitrogens with zero attached hydrogens (tertiary/aromatic N) is 1. The molecule has 1 saturated heterocycles. The first-order chi connectivity index (χ1) is 8.66. The summed E-state index contributed by atoms with van der Waals surface area (Å²) in [5, 5.41) is 3.01. The van der Waals surface area contributed by atoms with Crippen molar-refractivity contribution < 1.29 is 4.79 Å². The maximum absolute atomic E-state index is 12.0. The van der Waals surface area contributed by atoms with Crippen LogP contribution in [0.15, 0.2) is 24.3 Å². The molecule has 1 fully saturated rings. The molecule has 1 N–H and O–H groups in total. The molecule has 0 aliphatic carbocycles. The number of amides is 2. The molecule has 1 aliphatic rings. The fraction of sp³-hybridized carbons (Fsp3) is 0.533. The number of nitrogens with one attached hydrogen (secondary N) is 1. The molecule has 0 saturated carbocycles. The van der Waals surface area contributed by atoms with Gasteiger partial charge in [-0.2, -0.15) is 0 Å². The molecule has 0 unspecified atom stereocenters. The van der Waals surface area contributed by atoms with Crippen molar-refractivity contribution in [2.75, 3.05) is 13.1 Å². The molecule has 0 spiro atoms. The van der Waals surface area contributed by atoms with E-state index in [-0.39, 0.29) is 6.03 Å². The van der Waals surface area contributed by atoms with Gasteiger partial charge in [-0.15, -0.1) is 0 Å². The van der Waals surface area contributed by atoms with Crippen LogP contribution in [-0.2, 0) is 6.54 Å². The normalized spacial score (nSPS) is 16.7. The van der Waals surface area contributed by atoms with Crippen molar-refractivity contribution in [2.45, 2.75) is 33.2 Å². The van der Waals surface area contributed by atoms with Crippen molar-refractivity contribution in [2.24, 2.45) is 5.92 Å². The van der Waals surface area contributed by atoms with Gasteiger partial charge in [0.05, 0.1) is 0 Å². The van der Waals surface area contributed by atoms with Gasteiger partial charge < -0.3 is 10.2 Å². The predicted molar refractivity (Wildman–Crippen MR) is 73.4 cm³/mol. The van der Waals surface area contributed by atoms with E-state index in [9.17, 15) is 4.79 Å². The summed E-state index contributed by atoms with van der Waals surface area (Å²) in [4.78, 5) is 13.9. The van der Waals surface area contributed by atoms with E-state index in [4.69, 9.17) is 0 Å². The Balaban J connectivity index is 1.83. The van der Waals surface area contributed by atoms with Crippen LogP contribution in [0.5, 0.6) is 0 Å². The molecule has 1 aliphatic heterocycles. The molecule has 98 valence electrons. The lowest BCUT2D eigenvalue weighted by atomic mass is 10.00. The molecule has 18 heavy (non-hydrogen) atoms. The highest BCUT2D eigenvalue weighted by molar-refractivity contribution is 5.74. The smallest absolute Gasteiger partial charge is 0.317 e. The highest BCUT2D eigenvalue weighted by Gasteiger charge is 2.19. The minimum Gasteiger partial charge on any atom is -0.334 e. The summed E-state index contributed by atoms with van der Waals surface area (Å²) in [6.07, 6.45) is 2.25. The first-order valence-corrected chi connectivity index (χ1v) is 6.74. The molecule has 1 aromatic rings. The van der Waals surface area contributed by atoms with E-state index < -0.39 is 0 Å². The van der Waals surface area contributed by atoms with E-state index in [1.807, 2.05) is 17.0 Å². The van der Waals surface area contributed by atoms with Gasteiger partial charge in [0, 0.05) is 19.6 Å². The van der Waals surface area contributed by atoms with Crippen LogP contribution in [-0.4, -0.2) is 24.0 Å². The molecule has 3 heteroatoms. The van der Waals surface area contributed by atoms with Gasteiger partial charge in [0.1, 0.15) is 0 Å². The zero-order valence-electron chi connectivity index (χ0n) is 11.3. The molecule has 0 bridgehead atoms. The van der Waals surface area contributed by atoms with E-state index >= 15 is 0 Å². The number of hydrogen-bond donors (Lipinski definition) is 1. The highest BCUT2D eigenvalue weighted by atomic mass is 16.2. The lowest BCUT2D eigenvalue weighted by molar-refractivity contribution is 0.173. The number of likely N-dealkylation sites (tertiary alicyclic amines) is 1. The van der Waals surface area contributed by atoms with Crippen molar-refractivity contribution in [1.82, 2.24) is 10.2 Å². The van der Waals surface area contributed by atoms with Gasteiger partial charge in [0.2, 0.25) is 0 Å². The largest absolute Gasteiger partial charge is 0.334 e. The molecule has 3 nitrogen and oxygen atoms in total. The second-order valence-electron chi connectivity index (χ2n) is 5.25. The van der Waals surface area contributed by atoms with E-state index in [1.165, 1.54) is 11.1 Å². The van der Waals surface area contributed by atoms with Crippen molar-refractivity contribution in [1.29, 1.82) is 0 Å². The summed E-state index contributed by atoms with van der Waals surface area (Å²) in [6, 6.07) is 8.24. The lowest BCUT2D eigenvalue weighted by Crippen LogP contribution is -2.43. The van der Waals surface area contributed by atoms with Gasteiger partial charge in [-0.25, -0.2) is 4.79 Å². The number of carbonyl (C=O) groups is 1. The third-order valence-corrected chi connectivity index (χ3v) is 3.76. The number of carbonyl (C=O) groups excluding carboxylic acids is 1. The van der Waals surface area contributed by atoms with E-state index in [2.05, 4.69) is 31.3 Å². The average molecular weight is 246 g/mol. The molecule has 1 aromatic carbocycles. The monoisotopic (exact) mass is 246 g/mol. The van der Waals surface area contributed by atoms with Crippen LogP contribution in [0, 0.1) is 12.8 Å². The van der Waals surface area contributed by atoms with E-state index in [0.29, 0.717) is 6.54 Å². The van der Waals surface area contributed by atoms with Gasteiger partial charge in [-0.1, -0.05) is 31.2 Å². The molecule has 2 amide bonds. The van der Waals surface area contributed by atoms with E-state index in [1.54, 1.807) is 0 Å². The van der Waals surface area contributed by atoms with Crippen molar-refractivity contribution in [3.05, 3.63) is 35.4 Å². The maximum Gasteiger partial charge on any atom is 0.317 e. The first-order valence-electron chi connectivity index (χ1n) is 6.74. The Kier molecular flexibility index (Phi) is 4.24. The summed E-state index contributed by atoms with van der Waals surface area (Å²) >= 11 is 0. The Morgan fingerprint density at radius 2 is 2.00 bits per heavy atom. The summed E-state index contributed by atoms with van der Waals surface area (Å²) in [7, 11) is 0. The Morgan fingerprint density at radius 3 is 2.67 bits per heavy atom. The summed E-state index contributed by atoms with van der Waals surface area (Å²) in [6.45, 7) is 6.73. The van der Waals surface area contributed by atoms with Crippen LogP contribution in [0.4, 0.5) is 4.79 Å². The topological polar surface area (TPSA) is 32.3 Å². The van der Waals surface area contributed by atoms with Crippen LogP contribution in [0.3, 0.4) is 0 Å². The Morgan fingerprint density at radius 1 is 1.33 bits per heavy atom. The number of benzene rings is 1. The SMILES string of the molecule is Cc1ccccc1CNC(=O)N1CCC(C)CC1. The van der Waals surface area contributed by atoms with Gasteiger partial charge in [-0.05, 0) is 36.8 Å². The molecule has 2 rings (SSSR count). The number of piperidine rings is 1. The van der Waals surface area contributed by atoms with Crippen LogP contribution in [0.1, 0.15) is 30.9 Å². The third kappa shape index (κ3) is 3.25. The molecule has 0 atom stereocenters. The Hall–Kier alpha value is -1.51. The molecule has 0 radical (unpaired) electrons. The number of urea groups is 1. The molecular formula is C15H22N2O. The molecular weight excluding hydrogens is 224 g/mol. The maximum atomic E-state index is 12.0. The second kappa shape index (κ2) is 5.89. The predicted octanol–water partition coefficient (Wildman–Crippen LogP) is 2.94. The average Bonchev–Trinajstić information content (AvgIpc) is 2.38. The van der Waals surface area contributed by atoms with Crippen LogP contribution in [0.2, 0.25) is 0 Å². The van der Waals surface area contributed by atoms with Gasteiger partial charge in [0.15, 0.2) is 0 Å². The van der Waals surface area contributed by atoms with Gasteiger partial charge in [-0.3, -0.25) is 0 Å². The van der Waals surface area contributed by atoms with Crippen LogP contribution < -0.4 is 5.32 Å². The Labute approximate surface area is 109 Å². The summed E-state index contributed by atoms with van der Waals surface area (Å²) in [5.41, 5.74) is 2.42. The zero-order valence-corrected chi connectivity index (χ0v) is 11.3. The van der Waals surface area contributed by atoms with Gasteiger partial charge >= 0.3 is 6.03 Å². The van der Waals surface area contributed by atoms with E-state index in [0.717, 1.165) is 31.8 Å². The van der Waals surface area contributed by atoms with Gasteiger partial charge in [0.25, 0.3) is 0 Å². The first kappa shape index (κ1) is 12.9. The lowest BCUT2D eigenvalue weighted by Gasteiger charge is -2.30. The fourth-order valence-corrected chi connectivity index (χ4v) is 2.30. The summed E-state index contributed by atoms with van der Waals surface area (Å²) in [5.74, 6) is 0.755.